The van der Waals surface area contributed by atoms with E-state index in [0.717, 1.165) is 23.7 Å². The summed E-state index contributed by atoms with van der Waals surface area (Å²) in [5, 5.41) is 8.31. The summed E-state index contributed by atoms with van der Waals surface area (Å²) in [5.41, 5.74) is 0.803. The molecule has 0 bridgehead atoms. The maximum Gasteiger partial charge on any atom is 0.410 e. The van der Waals surface area contributed by atoms with Gasteiger partial charge in [0.15, 0.2) is 5.69 Å². The van der Waals surface area contributed by atoms with Crippen LogP contribution in [0.15, 0.2) is 24.3 Å². The molecule has 7 nitrogen and oxygen atoms in total. The Morgan fingerprint density at radius 3 is 2.56 bits per heavy atom. The molecule has 0 radical (unpaired) electrons. The molecule has 9 heteroatoms. The third-order valence-electron chi connectivity index (χ3n) is 6.38. The van der Waals surface area contributed by atoms with Gasteiger partial charge in [0.05, 0.1) is 11.6 Å². The average molecular weight is 481 g/mol. The molecule has 1 aliphatic heterocycles. The van der Waals surface area contributed by atoms with Crippen LogP contribution in [0.25, 0.3) is 10.9 Å². The van der Waals surface area contributed by atoms with E-state index in [1.54, 1.807) is 4.68 Å². The number of amides is 2. The van der Waals surface area contributed by atoms with Gasteiger partial charge in [0.2, 0.25) is 0 Å². The highest BCUT2D eigenvalue weighted by Gasteiger charge is 2.49. The minimum Gasteiger partial charge on any atom is -0.444 e. The molecule has 32 heavy (non-hydrogen) atoms. The van der Waals surface area contributed by atoms with Crippen LogP contribution in [-0.4, -0.2) is 51.4 Å². The largest absolute Gasteiger partial charge is 0.444 e. The van der Waals surface area contributed by atoms with Crippen molar-refractivity contribution in [2.45, 2.75) is 52.2 Å². The smallest absolute Gasteiger partial charge is 0.410 e. The topological polar surface area (TPSA) is 76.5 Å². The maximum atomic E-state index is 13.0. The summed E-state index contributed by atoms with van der Waals surface area (Å²) in [6, 6.07) is 7.66. The quantitative estimate of drug-likeness (QED) is 0.725. The molecule has 1 aromatic heterocycles. The first-order valence-electron chi connectivity index (χ1n) is 10.8. The summed E-state index contributed by atoms with van der Waals surface area (Å²) in [6.07, 6.45) is 1.92. The number of para-hydroxylation sites is 1. The number of aryl methyl sites for hydroxylation is 1. The molecule has 0 spiro atoms. The Hall–Kier alpha value is -1.87. The number of aromatic nitrogens is 2. The van der Waals surface area contributed by atoms with Crippen molar-refractivity contribution in [3.05, 3.63) is 30.0 Å². The van der Waals surface area contributed by atoms with E-state index in [1.807, 2.05) is 57.0 Å². The summed E-state index contributed by atoms with van der Waals surface area (Å²) in [5.74, 6) is 1.32. The van der Waals surface area contributed by atoms with Crippen LogP contribution in [0.1, 0.15) is 51.0 Å². The number of carbonyl (C=O) groups excluding carboxylic acids is 2. The molecule has 1 aliphatic carbocycles. The number of hydrogen-bond acceptors (Lipinski definition) is 4. The lowest BCUT2D eigenvalue weighted by Crippen LogP contribution is -2.47. The number of nitrogens with one attached hydrogen (secondary N) is 1. The lowest BCUT2D eigenvalue weighted by molar-refractivity contribution is 0.0196. The van der Waals surface area contributed by atoms with Crippen molar-refractivity contribution in [2.24, 2.45) is 24.8 Å². The van der Waals surface area contributed by atoms with Crippen LogP contribution in [0.2, 0.25) is 0 Å². The highest BCUT2D eigenvalue weighted by atomic mass is 32.1. The molecule has 4 rings (SSSR count). The Balaban J connectivity index is 0.00000181. The number of nitrogens with zero attached hydrogens (tertiary/aromatic N) is 3. The molecule has 2 fully saturated rings. The maximum absolute atomic E-state index is 13.0. The normalized spacial score (nSPS) is 24.5. The van der Waals surface area contributed by atoms with Crippen molar-refractivity contribution >= 4 is 49.9 Å². The van der Waals surface area contributed by atoms with Crippen LogP contribution in [0, 0.1) is 17.8 Å². The van der Waals surface area contributed by atoms with Gasteiger partial charge in [0.25, 0.3) is 5.91 Å². The van der Waals surface area contributed by atoms with Gasteiger partial charge in [0, 0.05) is 25.5 Å². The number of benzene rings is 1. The SMILES string of the molecule is CC1C[C@H]2CN(C(=O)OC(C)(C)C)[C@H](CNC(=O)c3nn(C)c4ccccc34)[C@H]2C1.S.S. The van der Waals surface area contributed by atoms with Gasteiger partial charge in [-0.05, 0) is 57.4 Å². The predicted octanol–water partition coefficient (Wildman–Crippen LogP) is 3.81. The van der Waals surface area contributed by atoms with Crippen molar-refractivity contribution in [3.63, 3.8) is 0 Å². The Labute approximate surface area is 204 Å². The first kappa shape index (κ1) is 26.4. The molecule has 2 aliphatic rings. The zero-order chi connectivity index (χ0) is 21.6. The molecule has 1 N–H and O–H groups in total. The predicted molar refractivity (Wildman–Crippen MR) is 136 cm³/mol. The van der Waals surface area contributed by atoms with Crippen molar-refractivity contribution in [2.75, 3.05) is 13.1 Å². The first-order chi connectivity index (χ1) is 14.1. The summed E-state index contributed by atoms with van der Waals surface area (Å²) in [4.78, 5) is 27.7. The number of likely N-dealkylation sites (tertiary alicyclic amines) is 1. The number of rotatable bonds is 3. The standard InChI is InChI=1S/C23H32N4O3.2H2S/c1-14-10-15-13-27(22(29)30-23(2,3)4)19(17(15)11-14)12-24-21(28)20-16-8-6-7-9-18(16)26(5)25-20;;/h6-9,14-15,17,19H,10-13H2,1-5H3,(H,24,28);2*1H2/t14?,15-,17-,19+;;/m0../s1. The fourth-order valence-corrected chi connectivity index (χ4v) is 5.20. The number of ether oxygens (including phenoxy) is 1. The molecule has 2 aromatic rings. The van der Waals surface area contributed by atoms with E-state index < -0.39 is 5.60 Å². The molecule has 4 atom stereocenters. The van der Waals surface area contributed by atoms with Gasteiger partial charge >= 0.3 is 6.09 Å². The lowest BCUT2D eigenvalue weighted by Gasteiger charge is -2.31. The zero-order valence-corrected chi connectivity index (χ0v) is 21.5. The molecule has 1 saturated heterocycles. The van der Waals surface area contributed by atoms with Crippen molar-refractivity contribution in [3.8, 4) is 0 Å². The average Bonchev–Trinajstić information content (AvgIpc) is 3.29. The molecule has 1 unspecified atom stereocenters. The van der Waals surface area contributed by atoms with E-state index >= 15 is 0 Å². The summed E-state index contributed by atoms with van der Waals surface area (Å²) in [6.45, 7) is 9.03. The lowest BCUT2D eigenvalue weighted by atomic mass is 9.94. The zero-order valence-electron chi connectivity index (χ0n) is 19.5. The van der Waals surface area contributed by atoms with Crippen molar-refractivity contribution in [1.29, 1.82) is 0 Å². The number of hydrogen-bond donors (Lipinski definition) is 1. The number of fused-ring (bicyclic) bond motifs is 2. The number of carbonyl (C=O) groups is 2. The molecule has 1 saturated carbocycles. The van der Waals surface area contributed by atoms with Gasteiger partial charge in [-0.25, -0.2) is 4.79 Å². The highest BCUT2D eigenvalue weighted by Crippen LogP contribution is 2.45. The van der Waals surface area contributed by atoms with E-state index in [9.17, 15) is 9.59 Å². The van der Waals surface area contributed by atoms with E-state index in [1.165, 1.54) is 0 Å². The van der Waals surface area contributed by atoms with E-state index in [2.05, 4.69) is 17.3 Å². The van der Waals surface area contributed by atoms with Gasteiger partial charge in [-0.15, -0.1) is 0 Å². The fourth-order valence-electron chi connectivity index (χ4n) is 5.20. The van der Waals surface area contributed by atoms with Gasteiger partial charge in [-0.1, -0.05) is 25.1 Å². The molecule has 2 amide bonds. The van der Waals surface area contributed by atoms with Gasteiger partial charge < -0.3 is 15.0 Å². The van der Waals surface area contributed by atoms with E-state index in [4.69, 9.17) is 4.74 Å². The molecular formula is C23H36N4O3S2. The van der Waals surface area contributed by atoms with Crippen molar-refractivity contribution < 1.29 is 14.3 Å². The highest BCUT2D eigenvalue weighted by molar-refractivity contribution is 7.59. The van der Waals surface area contributed by atoms with Gasteiger partial charge in [-0.3, -0.25) is 9.48 Å². The third-order valence-corrected chi connectivity index (χ3v) is 6.38. The Morgan fingerprint density at radius 2 is 1.88 bits per heavy atom. The minimum absolute atomic E-state index is 0. The molecular weight excluding hydrogens is 444 g/mol. The second kappa shape index (κ2) is 9.95. The third kappa shape index (κ3) is 5.20. The molecule has 1 aromatic carbocycles. The van der Waals surface area contributed by atoms with Crippen molar-refractivity contribution in [1.82, 2.24) is 20.0 Å². The Morgan fingerprint density at radius 1 is 1.19 bits per heavy atom. The summed E-state index contributed by atoms with van der Waals surface area (Å²) >= 11 is 0. The summed E-state index contributed by atoms with van der Waals surface area (Å²) < 4.78 is 7.38. The molecule has 178 valence electrons. The van der Waals surface area contributed by atoms with Crippen LogP contribution in [-0.2, 0) is 11.8 Å². The molecule has 2 heterocycles. The second-order valence-corrected chi connectivity index (χ2v) is 9.90. The second-order valence-electron chi connectivity index (χ2n) is 9.90. The van der Waals surface area contributed by atoms with Crippen LogP contribution < -0.4 is 5.32 Å². The van der Waals surface area contributed by atoms with Crippen LogP contribution in [0.5, 0.6) is 0 Å². The Kier molecular flexibility index (Phi) is 8.20. The fraction of sp³-hybridized carbons (Fsp3) is 0.609. The Bertz CT molecular complexity index is 972. The summed E-state index contributed by atoms with van der Waals surface area (Å²) in [7, 11) is 1.84. The van der Waals surface area contributed by atoms with Crippen LogP contribution in [0.3, 0.4) is 0 Å². The van der Waals surface area contributed by atoms with E-state index in [-0.39, 0.29) is 45.0 Å². The van der Waals surface area contributed by atoms with Crippen LogP contribution in [0.4, 0.5) is 4.79 Å². The monoisotopic (exact) mass is 480 g/mol. The van der Waals surface area contributed by atoms with Gasteiger partial charge in [0.1, 0.15) is 5.60 Å². The van der Waals surface area contributed by atoms with E-state index in [0.29, 0.717) is 36.5 Å². The van der Waals surface area contributed by atoms with Crippen LogP contribution >= 0.6 is 27.0 Å². The van der Waals surface area contributed by atoms with Gasteiger partial charge in [-0.2, -0.15) is 32.1 Å². The first-order valence-corrected chi connectivity index (χ1v) is 10.8. The minimum atomic E-state index is -0.539.